The number of nitrogens with one attached hydrogen (secondary N) is 2. The van der Waals surface area contributed by atoms with Crippen molar-refractivity contribution in [2.75, 3.05) is 5.32 Å². The van der Waals surface area contributed by atoms with Crippen molar-refractivity contribution in [2.24, 2.45) is 0 Å². The van der Waals surface area contributed by atoms with Crippen LogP contribution in [-0.4, -0.2) is 20.7 Å². The lowest BCUT2D eigenvalue weighted by Crippen LogP contribution is -2.19. The number of hydrogen-bond donors (Lipinski definition) is 2. The molecule has 0 atom stereocenters. The largest absolute Gasteiger partial charge is 0.352 e. The van der Waals surface area contributed by atoms with Crippen molar-refractivity contribution in [1.29, 1.82) is 0 Å². The van der Waals surface area contributed by atoms with Crippen molar-refractivity contribution < 1.29 is 18.0 Å². The molecule has 0 saturated carbocycles. The average molecular weight is 375 g/mol. The van der Waals surface area contributed by atoms with Crippen LogP contribution in [0.1, 0.15) is 24.6 Å². The molecule has 1 aromatic carbocycles. The minimum atomic E-state index is -2.69. The first-order valence-corrected chi connectivity index (χ1v) is 8.03. The molecule has 0 radical (unpaired) electrons. The van der Waals surface area contributed by atoms with Crippen LogP contribution in [0.3, 0.4) is 0 Å². The van der Waals surface area contributed by atoms with Gasteiger partial charge in [-0.3, -0.25) is 4.79 Å². The Kier molecular flexibility index (Phi) is 5.39. The Morgan fingerprint density at radius 1 is 1.19 bits per heavy atom. The van der Waals surface area contributed by atoms with Crippen molar-refractivity contribution in [3.05, 3.63) is 65.7 Å². The molecule has 27 heavy (non-hydrogen) atoms. The normalized spacial score (nSPS) is 10.9. The lowest BCUT2D eigenvalue weighted by atomic mass is 10.2. The fraction of sp³-hybridized carbons (Fsp3) is 0.167. The van der Waals surface area contributed by atoms with Crippen molar-refractivity contribution in [2.45, 2.75) is 19.9 Å². The molecule has 2 aromatic heterocycles. The van der Waals surface area contributed by atoms with Gasteiger partial charge >= 0.3 is 0 Å². The number of carbonyl (C=O) groups excluding carboxylic acids is 1. The van der Waals surface area contributed by atoms with Gasteiger partial charge in [0.15, 0.2) is 5.82 Å². The molecule has 0 spiro atoms. The van der Waals surface area contributed by atoms with Crippen LogP contribution in [0.2, 0.25) is 0 Å². The van der Waals surface area contributed by atoms with Crippen LogP contribution in [0, 0.1) is 5.82 Å². The van der Waals surface area contributed by atoms with Gasteiger partial charge in [-0.1, -0.05) is 0 Å². The summed E-state index contributed by atoms with van der Waals surface area (Å²) in [6.45, 7) is 1.62. The summed E-state index contributed by atoms with van der Waals surface area (Å²) in [7, 11) is 0. The third-order valence-electron chi connectivity index (χ3n) is 3.60. The highest BCUT2D eigenvalue weighted by molar-refractivity contribution is 5.72. The van der Waals surface area contributed by atoms with E-state index < -0.39 is 6.43 Å². The summed E-state index contributed by atoms with van der Waals surface area (Å²) >= 11 is 0. The number of hydrogen-bond acceptors (Lipinski definition) is 4. The Bertz CT molecular complexity index is 940. The van der Waals surface area contributed by atoms with Crippen LogP contribution in [-0.2, 0) is 11.3 Å². The third-order valence-corrected chi connectivity index (χ3v) is 3.60. The maximum absolute atomic E-state index is 13.1. The summed E-state index contributed by atoms with van der Waals surface area (Å²) in [5, 5.41) is 9.50. The van der Waals surface area contributed by atoms with Crippen molar-refractivity contribution in [3.8, 4) is 5.82 Å². The minimum Gasteiger partial charge on any atom is -0.352 e. The minimum absolute atomic E-state index is 0.208. The van der Waals surface area contributed by atoms with Gasteiger partial charge in [-0.05, 0) is 48.0 Å². The van der Waals surface area contributed by atoms with Gasteiger partial charge in [0, 0.05) is 25.4 Å². The molecule has 0 unspecified atom stereocenters. The molecule has 0 fully saturated rings. The predicted octanol–water partition coefficient (Wildman–Crippen LogP) is 3.72. The molecule has 0 aliphatic rings. The van der Waals surface area contributed by atoms with Crippen molar-refractivity contribution in [3.63, 3.8) is 0 Å². The first-order chi connectivity index (χ1) is 12.9. The van der Waals surface area contributed by atoms with E-state index >= 15 is 0 Å². The van der Waals surface area contributed by atoms with E-state index in [2.05, 4.69) is 20.7 Å². The quantitative estimate of drug-likeness (QED) is 0.689. The number of anilines is 2. The molecule has 140 valence electrons. The lowest BCUT2D eigenvalue weighted by Gasteiger charge is -2.11. The molecule has 0 saturated heterocycles. The lowest BCUT2D eigenvalue weighted by molar-refractivity contribution is -0.119. The van der Waals surface area contributed by atoms with Crippen LogP contribution >= 0.6 is 0 Å². The van der Waals surface area contributed by atoms with Crippen LogP contribution in [0.5, 0.6) is 0 Å². The van der Waals surface area contributed by atoms with Gasteiger partial charge in [-0.15, -0.1) is 0 Å². The van der Waals surface area contributed by atoms with Gasteiger partial charge in [-0.25, -0.2) is 22.8 Å². The van der Waals surface area contributed by atoms with Gasteiger partial charge < -0.3 is 10.6 Å². The molecule has 2 heterocycles. The maximum Gasteiger partial charge on any atom is 0.282 e. The van der Waals surface area contributed by atoms with Crippen molar-refractivity contribution in [1.82, 2.24) is 20.1 Å². The van der Waals surface area contributed by atoms with Gasteiger partial charge in [0.2, 0.25) is 5.91 Å². The molecule has 6 nitrogen and oxygen atoms in total. The third kappa shape index (κ3) is 4.84. The summed E-state index contributed by atoms with van der Waals surface area (Å²) in [4.78, 5) is 15.5. The van der Waals surface area contributed by atoms with Crippen LogP contribution in [0.15, 0.2) is 48.7 Å². The zero-order chi connectivity index (χ0) is 19.4. The van der Waals surface area contributed by atoms with Crippen LogP contribution < -0.4 is 10.6 Å². The van der Waals surface area contributed by atoms with E-state index in [1.54, 1.807) is 24.3 Å². The predicted molar refractivity (Wildman–Crippen MR) is 93.5 cm³/mol. The standard InChI is InChI=1S/C18H16F3N5O/c1-11(27)22-10-12-8-16(23-14-4-2-13(19)3-5-14)24-17(9-12)26-7-6-15(25-26)18(20)21/h2-9,18H,10H2,1H3,(H,22,27)(H,23,24). The number of aromatic nitrogens is 3. The van der Waals surface area contributed by atoms with Gasteiger partial charge in [0.25, 0.3) is 6.43 Å². The van der Waals surface area contributed by atoms with E-state index in [1.807, 2.05) is 0 Å². The molecule has 1 amide bonds. The summed E-state index contributed by atoms with van der Waals surface area (Å²) in [6.07, 6.45) is -1.31. The average Bonchev–Trinajstić information content (AvgIpc) is 3.12. The second-order valence-corrected chi connectivity index (χ2v) is 5.75. The molecule has 3 aromatic rings. The molecule has 0 bridgehead atoms. The van der Waals surface area contributed by atoms with E-state index in [0.29, 0.717) is 22.9 Å². The number of halogens is 3. The highest BCUT2D eigenvalue weighted by Crippen LogP contribution is 2.21. The monoisotopic (exact) mass is 375 g/mol. The van der Waals surface area contributed by atoms with E-state index in [1.165, 1.54) is 36.0 Å². The Morgan fingerprint density at radius 2 is 1.93 bits per heavy atom. The van der Waals surface area contributed by atoms with Crippen molar-refractivity contribution >= 4 is 17.4 Å². The topological polar surface area (TPSA) is 71.8 Å². The Morgan fingerprint density at radius 3 is 2.56 bits per heavy atom. The summed E-state index contributed by atoms with van der Waals surface area (Å²) in [5.74, 6) is 0.119. The number of rotatable bonds is 6. The number of nitrogens with zero attached hydrogens (tertiary/aromatic N) is 3. The van der Waals surface area contributed by atoms with E-state index in [0.717, 1.165) is 0 Å². The summed E-state index contributed by atoms with van der Waals surface area (Å²) in [5.41, 5.74) is 0.922. The number of alkyl halides is 2. The first-order valence-electron chi connectivity index (χ1n) is 8.03. The smallest absolute Gasteiger partial charge is 0.282 e. The molecule has 9 heteroatoms. The molecule has 2 N–H and O–H groups in total. The first kappa shape index (κ1) is 18.4. The summed E-state index contributed by atoms with van der Waals surface area (Å²) in [6, 6.07) is 10.2. The second-order valence-electron chi connectivity index (χ2n) is 5.75. The maximum atomic E-state index is 13.1. The number of pyridine rings is 1. The van der Waals surface area contributed by atoms with E-state index in [-0.39, 0.29) is 24.0 Å². The Hall–Kier alpha value is -3.36. The SMILES string of the molecule is CC(=O)NCc1cc(Nc2ccc(F)cc2)nc(-n2ccc(C(F)F)n2)c1. The van der Waals surface area contributed by atoms with Crippen LogP contribution in [0.25, 0.3) is 5.82 Å². The van der Waals surface area contributed by atoms with E-state index in [4.69, 9.17) is 0 Å². The van der Waals surface area contributed by atoms with Crippen LogP contribution in [0.4, 0.5) is 24.7 Å². The fourth-order valence-corrected chi connectivity index (χ4v) is 2.34. The molecule has 3 rings (SSSR count). The number of benzene rings is 1. The van der Waals surface area contributed by atoms with E-state index in [9.17, 15) is 18.0 Å². The highest BCUT2D eigenvalue weighted by atomic mass is 19.3. The zero-order valence-electron chi connectivity index (χ0n) is 14.3. The Labute approximate surface area is 153 Å². The summed E-state index contributed by atoms with van der Waals surface area (Å²) < 4.78 is 39.9. The number of amides is 1. The molecular formula is C18H16F3N5O. The molecular weight excluding hydrogens is 359 g/mol. The van der Waals surface area contributed by atoms with Gasteiger partial charge in [0.1, 0.15) is 17.3 Å². The molecule has 0 aliphatic heterocycles. The van der Waals surface area contributed by atoms with Gasteiger partial charge in [0.05, 0.1) is 0 Å². The van der Waals surface area contributed by atoms with Gasteiger partial charge in [-0.2, -0.15) is 5.10 Å². The zero-order valence-corrected chi connectivity index (χ0v) is 14.3. The molecule has 0 aliphatic carbocycles. The Balaban J connectivity index is 1.94. The highest BCUT2D eigenvalue weighted by Gasteiger charge is 2.13. The second kappa shape index (κ2) is 7.90. The fourth-order valence-electron chi connectivity index (χ4n) is 2.34. The number of carbonyl (C=O) groups is 1.